The minimum atomic E-state index is 0.326. The largest absolute Gasteiger partial charge is 0.479 e. The van der Waals surface area contributed by atoms with E-state index in [9.17, 15) is 0 Å². The monoisotopic (exact) mass is 171 g/mol. The molecule has 1 aliphatic rings. The van der Waals surface area contributed by atoms with E-state index in [4.69, 9.17) is 9.84 Å². The van der Waals surface area contributed by atoms with Crippen LogP contribution in [0.25, 0.3) is 0 Å². The van der Waals surface area contributed by atoms with Crippen molar-refractivity contribution in [3.05, 3.63) is 12.5 Å². The molecular formula is C9H17NO2. The van der Waals surface area contributed by atoms with Crippen molar-refractivity contribution in [1.29, 1.82) is 0 Å². The number of ether oxygens (including phenoxy) is 1. The molecule has 1 N–H and O–H groups in total. The molecule has 0 bridgehead atoms. The second-order valence-corrected chi connectivity index (χ2v) is 3.03. The second kappa shape index (κ2) is 5.89. The van der Waals surface area contributed by atoms with Gasteiger partial charge in [-0.05, 0) is 12.8 Å². The summed E-state index contributed by atoms with van der Waals surface area (Å²) in [7, 11) is 0. The molecule has 0 aromatic heterocycles. The highest BCUT2D eigenvalue weighted by Crippen LogP contribution is 2.05. The Hall–Kier alpha value is -0.700. The number of hydrogen-bond acceptors (Lipinski definition) is 3. The molecule has 0 amide bonds. The van der Waals surface area contributed by atoms with Crippen LogP contribution >= 0.6 is 0 Å². The molecule has 1 rings (SSSR count). The topological polar surface area (TPSA) is 32.7 Å². The van der Waals surface area contributed by atoms with Gasteiger partial charge in [0.2, 0.25) is 0 Å². The molecule has 70 valence electrons. The third kappa shape index (κ3) is 3.62. The van der Waals surface area contributed by atoms with Crippen molar-refractivity contribution in [2.45, 2.75) is 25.7 Å². The minimum absolute atomic E-state index is 0.326. The van der Waals surface area contributed by atoms with Crippen LogP contribution < -0.4 is 0 Å². The number of aliphatic hydroxyl groups is 1. The third-order valence-electron chi connectivity index (χ3n) is 1.96. The first-order chi connectivity index (χ1) is 5.93. The Labute approximate surface area is 73.6 Å². The number of hydrogen-bond donors (Lipinski definition) is 1. The number of aliphatic hydroxyl groups excluding tert-OH is 1. The van der Waals surface area contributed by atoms with Crippen LogP contribution in [0.4, 0.5) is 0 Å². The zero-order valence-corrected chi connectivity index (χ0v) is 7.41. The molecule has 0 saturated carbocycles. The standard InChI is InChI=1S/C9H17NO2/c11-7-4-2-1-3-5-10-6-8-12-9-10/h6,8,11H,1-5,7,9H2. The van der Waals surface area contributed by atoms with Crippen LogP contribution in [0.1, 0.15) is 25.7 Å². The molecule has 0 saturated heterocycles. The lowest BCUT2D eigenvalue weighted by atomic mass is 10.2. The van der Waals surface area contributed by atoms with Crippen molar-refractivity contribution in [3.8, 4) is 0 Å². The lowest BCUT2D eigenvalue weighted by molar-refractivity contribution is 0.169. The molecule has 3 heteroatoms. The van der Waals surface area contributed by atoms with Crippen LogP contribution in [0.15, 0.2) is 12.5 Å². The molecule has 0 aromatic carbocycles. The molecule has 0 unspecified atom stereocenters. The van der Waals surface area contributed by atoms with Crippen molar-refractivity contribution in [1.82, 2.24) is 4.90 Å². The fourth-order valence-electron chi connectivity index (χ4n) is 1.23. The second-order valence-electron chi connectivity index (χ2n) is 3.03. The molecule has 0 aromatic rings. The predicted molar refractivity (Wildman–Crippen MR) is 47.4 cm³/mol. The molecule has 0 spiro atoms. The van der Waals surface area contributed by atoms with Crippen molar-refractivity contribution >= 4 is 0 Å². The lowest BCUT2D eigenvalue weighted by Gasteiger charge is -2.12. The van der Waals surface area contributed by atoms with Crippen LogP contribution in [0.5, 0.6) is 0 Å². The fraction of sp³-hybridized carbons (Fsp3) is 0.778. The van der Waals surface area contributed by atoms with Gasteiger partial charge in [-0.1, -0.05) is 12.8 Å². The molecule has 0 radical (unpaired) electrons. The average Bonchev–Trinajstić information content (AvgIpc) is 2.57. The Bertz CT molecular complexity index is 136. The first-order valence-corrected chi connectivity index (χ1v) is 4.56. The smallest absolute Gasteiger partial charge is 0.160 e. The Morgan fingerprint density at radius 2 is 2.08 bits per heavy atom. The van der Waals surface area contributed by atoms with E-state index in [1.807, 2.05) is 6.20 Å². The summed E-state index contributed by atoms with van der Waals surface area (Å²) in [5.74, 6) is 0. The molecule has 0 aliphatic carbocycles. The van der Waals surface area contributed by atoms with Crippen molar-refractivity contribution in [3.63, 3.8) is 0 Å². The highest BCUT2D eigenvalue weighted by atomic mass is 16.5. The maximum absolute atomic E-state index is 8.54. The summed E-state index contributed by atoms with van der Waals surface area (Å²) >= 11 is 0. The summed E-state index contributed by atoms with van der Waals surface area (Å²) in [6.07, 6.45) is 8.17. The van der Waals surface area contributed by atoms with Gasteiger partial charge in [-0.15, -0.1) is 0 Å². The van der Waals surface area contributed by atoms with E-state index in [2.05, 4.69) is 4.90 Å². The van der Waals surface area contributed by atoms with Gasteiger partial charge < -0.3 is 14.7 Å². The van der Waals surface area contributed by atoms with Gasteiger partial charge in [0.05, 0.1) is 0 Å². The van der Waals surface area contributed by atoms with Crippen LogP contribution in [0.2, 0.25) is 0 Å². The predicted octanol–water partition coefficient (Wildman–Crippen LogP) is 1.30. The molecule has 1 heterocycles. The van der Waals surface area contributed by atoms with Crippen LogP contribution in [0.3, 0.4) is 0 Å². The maximum atomic E-state index is 8.54. The first kappa shape index (κ1) is 9.39. The van der Waals surface area contributed by atoms with E-state index in [0.717, 1.165) is 19.4 Å². The van der Waals surface area contributed by atoms with Crippen LogP contribution in [0, 0.1) is 0 Å². The zero-order chi connectivity index (χ0) is 8.65. The molecular weight excluding hydrogens is 154 g/mol. The van der Waals surface area contributed by atoms with Crippen molar-refractivity contribution in [2.75, 3.05) is 19.9 Å². The Kier molecular flexibility index (Phi) is 4.61. The average molecular weight is 171 g/mol. The van der Waals surface area contributed by atoms with Crippen LogP contribution in [-0.4, -0.2) is 29.9 Å². The van der Waals surface area contributed by atoms with Crippen LogP contribution in [-0.2, 0) is 4.74 Å². The normalized spacial score (nSPS) is 15.2. The van der Waals surface area contributed by atoms with E-state index in [-0.39, 0.29) is 0 Å². The molecule has 3 nitrogen and oxygen atoms in total. The third-order valence-corrected chi connectivity index (χ3v) is 1.96. The first-order valence-electron chi connectivity index (χ1n) is 4.56. The van der Waals surface area contributed by atoms with Gasteiger partial charge in [0.15, 0.2) is 6.73 Å². The summed E-state index contributed by atoms with van der Waals surface area (Å²) in [6.45, 7) is 2.11. The van der Waals surface area contributed by atoms with Gasteiger partial charge >= 0.3 is 0 Å². The van der Waals surface area contributed by atoms with Gasteiger partial charge in [0.1, 0.15) is 6.26 Å². The van der Waals surface area contributed by atoms with Gasteiger partial charge in [-0.2, -0.15) is 0 Å². The summed E-state index contributed by atoms with van der Waals surface area (Å²) in [5.41, 5.74) is 0. The summed E-state index contributed by atoms with van der Waals surface area (Å²) in [5, 5.41) is 8.54. The fourth-order valence-corrected chi connectivity index (χ4v) is 1.23. The quantitative estimate of drug-likeness (QED) is 0.611. The SMILES string of the molecule is OCCCCCCN1C=COC1. The Balaban J connectivity index is 1.85. The number of unbranched alkanes of at least 4 members (excludes halogenated alkanes) is 3. The summed E-state index contributed by atoms with van der Waals surface area (Å²) < 4.78 is 5.04. The van der Waals surface area contributed by atoms with E-state index in [1.54, 1.807) is 6.26 Å². The molecule has 12 heavy (non-hydrogen) atoms. The summed E-state index contributed by atoms with van der Waals surface area (Å²) in [6, 6.07) is 0. The number of nitrogens with zero attached hydrogens (tertiary/aromatic N) is 1. The number of rotatable bonds is 6. The molecule has 0 fully saturated rings. The molecule has 1 aliphatic heterocycles. The van der Waals surface area contributed by atoms with E-state index < -0.39 is 0 Å². The molecule has 0 atom stereocenters. The van der Waals surface area contributed by atoms with Gasteiger partial charge in [-0.3, -0.25) is 0 Å². The van der Waals surface area contributed by atoms with Gasteiger partial charge in [0.25, 0.3) is 0 Å². The van der Waals surface area contributed by atoms with Crippen molar-refractivity contribution in [2.24, 2.45) is 0 Å². The van der Waals surface area contributed by atoms with Crippen molar-refractivity contribution < 1.29 is 9.84 Å². The van der Waals surface area contributed by atoms with E-state index >= 15 is 0 Å². The Morgan fingerprint density at radius 3 is 2.75 bits per heavy atom. The highest BCUT2D eigenvalue weighted by molar-refractivity contribution is 4.79. The maximum Gasteiger partial charge on any atom is 0.160 e. The summed E-state index contributed by atoms with van der Waals surface area (Å²) in [4.78, 5) is 2.15. The van der Waals surface area contributed by atoms with Gasteiger partial charge in [0, 0.05) is 19.4 Å². The van der Waals surface area contributed by atoms with E-state index in [1.165, 1.54) is 12.8 Å². The minimum Gasteiger partial charge on any atom is -0.479 e. The highest BCUT2D eigenvalue weighted by Gasteiger charge is 2.02. The zero-order valence-electron chi connectivity index (χ0n) is 7.41. The lowest BCUT2D eigenvalue weighted by Crippen LogP contribution is -2.16. The van der Waals surface area contributed by atoms with E-state index in [0.29, 0.717) is 13.3 Å². The Morgan fingerprint density at radius 1 is 1.25 bits per heavy atom. The van der Waals surface area contributed by atoms with Gasteiger partial charge in [-0.25, -0.2) is 0 Å².